The Hall–Kier alpha value is -3.81. The lowest BCUT2D eigenvalue weighted by molar-refractivity contribution is 0.0950. The maximum Gasteiger partial charge on any atom is 0.251 e. The van der Waals surface area contributed by atoms with Crippen LogP contribution in [-0.2, 0) is 6.54 Å². The Morgan fingerprint density at radius 2 is 1.92 bits per heavy atom. The van der Waals surface area contributed by atoms with Crippen molar-refractivity contribution in [1.29, 1.82) is 0 Å². The van der Waals surface area contributed by atoms with Crippen LogP contribution in [-0.4, -0.2) is 30.6 Å². The van der Waals surface area contributed by atoms with Gasteiger partial charge in [-0.25, -0.2) is 9.97 Å². The van der Waals surface area contributed by atoms with Crippen LogP contribution in [0.25, 0.3) is 17.3 Å². The quantitative estimate of drug-likeness (QED) is 0.595. The Bertz CT molecular complexity index is 1010. The van der Waals surface area contributed by atoms with E-state index in [-0.39, 0.29) is 12.5 Å². The molecule has 1 aromatic carbocycles. The summed E-state index contributed by atoms with van der Waals surface area (Å²) in [6.45, 7) is 0.263. The molecule has 4 aromatic rings. The van der Waals surface area contributed by atoms with E-state index < -0.39 is 0 Å². The third-order valence-electron chi connectivity index (χ3n) is 3.69. The monoisotopic (exact) mass is 346 g/mol. The number of rotatable bonds is 5. The van der Waals surface area contributed by atoms with Crippen molar-refractivity contribution in [3.63, 3.8) is 0 Å². The van der Waals surface area contributed by atoms with Gasteiger partial charge in [0.05, 0.1) is 12.2 Å². The number of hydrogen-bond donors (Lipinski definition) is 1. The van der Waals surface area contributed by atoms with Crippen molar-refractivity contribution in [2.24, 2.45) is 0 Å². The number of carbonyl (C=O) groups is 1. The Morgan fingerprint density at radius 3 is 2.73 bits per heavy atom. The number of pyridine rings is 1. The smallest absolute Gasteiger partial charge is 0.251 e. The summed E-state index contributed by atoms with van der Waals surface area (Å²) in [5.41, 5.74) is 2.01. The van der Waals surface area contributed by atoms with E-state index in [2.05, 4.69) is 25.5 Å². The van der Waals surface area contributed by atoms with Crippen molar-refractivity contribution >= 4 is 5.91 Å². The van der Waals surface area contributed by atoms with Crippen LogP contribution in [0.4, 0.5) is 0 Å². The summed E-state index contributed by atoms with van der Waals surface area (Å²) in [6.07, 6.45) is 6.14. The molecule has 8 heteroatoms. The van der Waals surface area contributed by atoms with Crippen LogP contribution in [0.15, 0.2) is 72.0 Å². The highest BCUT2D eigenvalue weighted by Gasteiger charge is 2.10. The van der Waals surface area contributed by atoms with E-state index in [1.54, 1.807) is 22.9 Å². The van der Waals surface area contributed by atoms with Crippen molar-refractivity contribution in [1.82, 2.24) is 30.0 Å². The Morgan fingerprint density at radius 1 is 1.12 bits per heavy atom. The van der Waals surface area contributed by atoms with Gasteiger partial charge in [0.25, 0.3) is 5.91 Å². The second-order valence-electron chi connectivity index (χ2n) is 5.46. The standard InChI is InChI=1S/C18H14N6O2/c25-17(14-6-7-19-16(8-14)24-11-21-22-12-24)20-9-15-10-26-18(23-15)13-4-2-1-3-5-13/h1-8,10-12H,9H2,(H,20,25). The minimum Gasteiger partial charge on any atom is -0.444 e. The molecule has 0 radical (unpaired) electrons. The van der Waals surface area contributed by atoms with Gasteiger partial charge in [-0.15, -0.1) is 10.2 Å². The molecule has 0 unspecified atom stereocenters. The largest absolute Gasteiger partial charge is 0.444 e. The van der Waals surface area contributed by atoms with Gasteiger partial charge in [0.15, 0.2) is 0 Å². The van der Waals surface area contributed by atoms with Crippen LogP contribution in [0.5, 0.6) is 0 Å². The summed E-state index contributed by atoms with van der Waals surface area (Å²) >= 11 is 0. The van der Waals surface area contributed by atoms with E-state index in [0.717, 1.165) is 5.56 Å². The zero-order chi connectivity index (χ0) is 17.8. The van der Waals surface area contributed by atoms with Gasteiger partial charge in [-0.2, -0.15) is 0 Å². The SMILES string of the molecule is O=C(NCc1coc(-c2ccccc2)n1)c1ccnc(-n2cnnc2)c1. The van der Waals surface area contributed by atoms with E-state index in [4.69, 9.17) is 4.42 Å². The highest BCUT2D eigenvalue weighted by Crippen LogP contribution is 2.17. The molecule has 0 aliphatic rings. The van der Waals surface area contributed by atoms with Crippen LogP contribution in [0, 0.1) is 0 Å². The fourth-order valence-corrected chi connectivity index (χ4v) is 2.39. The molecule has 0 bridgehead atoms. The fourth-order valence-electron chi connectivity index (χ4n) is 2.39. The highest BCUT2D eigenvalue weighted by atomic mass is 16.3. The first kappa shape index (κ1) is 15.7. The number of carbonyl (C=O) groups excluding carboxylic acids is 1. The van der Waals surface area contributed by atoms with Gasteiger partial charge in [0.1, 0.15) is 24.7 Å². The Kier molecular flexibility index (Phi) is 4.21. The number of oxazole rings is 1. The van der Waals surface area contributed by atoms with E-state index in [1.165, 1.54) is 18.9 Å². The highest BCUT2D eigenvalue weighted by molar-refractivity contribution is 5.94. The molecule has 4 rings (SSSR count). The zero-order valence-corrected chi connectivity index (χ0v) is 13.6. The molecule has 3 aromatic heterocycles. The summed E-state index contributed by atoms with van der Waals surface area (Å²) in [7, 11) is 0. The van der Waals surface area contributed by atoms with E-state index in [1.807, 2.05) is 30.3 Å². The molecule has 0 saturated heterocycles. The summed E-state index contributed by atoms with van der Waals surface area (Å²) < 4.78 is 7.09. The number of aromatic nitrogens is 5. The molecule has 128 valence electrons. The minimum atomic E-state index is -0.231. The van der Waals surface area contributed by atoms with Gasteiger partial charge >= 0.3 is 0 Å². The number of hydrogen-bond acceptors (Lipinski definition) is 6. The van der Waals surface area contributed by atoms with E-state index >= 15 is 0 Å². The van der Waals surface area contributed by atoms with Gasteiger partial charge in [0, 0.05) is 17.3 Å². The molecule has 26 heavy (non-hydrogen) atoms. The van der Waals surface area contributed by atoms with Crippen LogP contribution in [0.3, 0.4) is 0 Å². The minimum absolute atomic E-state index is 0.231. The molecule has 8 nitrogen and oxygen atoms in total. The molecule has 0 aliphatic carbocycles. The van der Waals surface area contributed by atoms with Crippen molar-refractivity contribution < 1.29 is 9.21 Å². The molecule has 1 N–H and O–H groups in total. The second-order valence-corrected chi connectivity index (χ2v) is 5.46. The van der Waals surface area contributed by atoms with Gasteiger partial charge in [0.2, 0.25) is 5.89 Å². The summed E-state index contributed by atoms with van der Waals surface area (Å²) in [5.74, 6) is 0.857. The number of nitrogens with zero attached hydrogens (tertiary/aromatic N) is 5. The summed E-state index contributed by atoms with van der Waals surface area (Å²) in [5, 5.41) is 10.3. The number of benzene rings is 1. The summed E-state index contributed by atoms with van der Waals surface area (Å²) in [6, 6.07) is 12.9. The Labute approximate surface area is 148 Å². The van der Waals surface area contributed by atoms with Gasteiger partial charge in [-0.05, 0) is 24.3 Å². The molecule has 0 spiro atoms. The average Bonchev–Trinajstić information content (AvgIpc) is 3.39. The summed E-state index contributed by atoms with van der Waals surface area (Å²) in [4.78, 5) is 21.0. The van der Waals surface area contributed by atoms with Crippen LogP contribution >= 0.6 is 0 Å². The first-order valence-corrected chi connectivity index (χ1v) is 7.89. The number of nitrogens with one attached hydrogen (secondary N) is 1. The van der Waals surface area contributed by atoms with Crippen molar-refractivity contribution in [2.75, 3.05) is 0 Å². The molecule has 0 atom stereocenters. The first-order chi connectivity index (χ1) is 12.8. The van der Waals surface area contributed by atoms with Crippen LogP contribution < -0.4 is 5.32 Å². The molecule has 1 amide bonds. The lowest BCUT2D eigenvalue weighted by Crippen LogP contribution is -2.23. The third kappa shape index (κ3) is 3.34. The molecule has 0 saturated carbocycles. The normalized spacial score (nSPS) is 10.6. The lowest BCUT2D eigenvalue weighted by atomic mass is 10.2. The maximum atomic E-state index is 12.4. The first-order valence-electron chi connectivity index (χ1n) is 7.89. The van der Waals surface area contributed by atoms with Crippen molar-refractivity contribution in [2.45, 2.75) is 6.54 Å². The van der Waals surface area contributed by atoms with Crippen LogP contribution in [0.2, 0.25) is 0 Å². The van der Waals surface area contributed by atoms with Crippen molar-refractivity contribution in [3.05, 3.63) is 78.8 Å². The molecule has 0 aliphatic heterocycles. The average molecular weight is 346 g/mol. The Balaban J connectivity index is 1.43. The molecule has 0 fully saturated rings. The second kappa shape index (κ2) is 6.98. The van der Waals surface area contributed by atoms with Gasteiger partial charge < -0.3 is 9.73 Å². The zero-order valence-electron chi connectivity index (χ0n) is 13.6. The maximum absolute atomic E-state index is 12.4. The van der Waals surface area contributed by atoms with Gasteiger partial charge in [-0.1, -0.05) is 18.2 Å². The molecular weight excluding hydrogens is 332 g/mol. The van der Waals surface area contributed by atoms with Crippen molar-refractivity contribution in [3.8, 4) is 17.3 Å². The van der Waals surface area contributed by atoms with Crippen LogP contribution in [0.1, 0.15) is 16.1 Å². The fraction of sp³-hybridized carbons (Fsp3) is 0.0556. The predicted molar refractivity (Wildman–Crippen MR) is 92.3 cm³/mol. The van der Waals surface area contributed by atoms with E-state index in [0.29, 0.717) is 23.0 Å². The number of amides is 1. The third-order valence-corrected chi connectivity index (χ3v) is 3.69. The lowest BCUT2D eigenvalue weighted by Gasteiger charge is -2.05. The molecular formula is C18H14N6O2. The topological polar surface area (TPSA) is 98.7 Å². The predicted octanol–water partition coefficient (Wildman–Crippen LogP) is 2.25. The van der Waals surface area contributed by atoms with E-state index in [9.17, 15) is 4.79 Å². The molecule has 3 heterocycles. The van der Waals surface area contributed by atoms with Gasteiger partial charge in [-0.3, -0.25) is 9.36 Å².